The minimum Gasteiger partial charge on any atom is -0.512 e. The van der Waals surface area contributed by atoms with Gasteiger partial charge in [-0.15, -0.1) is 0 Å². The largest absolute Gasteiger partial charge is 0.512 e. The SMILES string of the molecule is OC(C1=C(C(O)(C(F)(F)F)C(F)(F)F)C2C=CC1C2)(C(F)(F)F)C(F)(F)F.OC1=CC2CC1C(C(O)(C(F)(F)F)C(F)(F)F)=C2C(O)(C(F)(F)F)C(F)(F)F. The Kier molecular flexibility index (Phi) is 10.5. The van der Waals surface area contributed by atoms with Crippen LogP contribution in [-0.2, 0) is 0 Å². The van der Waals surface area contributed by atoms with Gasteiger partial charge in [0.2, 0.25) is 0 Å². The van der Waals surface area contributed by atoms with Crippen molar-refractivity contribution in [3.63, 3.8) is 0 Å². The van der Waals surface area contributed by atoms with Crippen molar-refractivity contribution in [2.24, 2.45) is 23.7 Å². The van der Waals surface area contributed by atoms with E-state index in [-0.39, 0.29) is 6.08 Å². The van der Waals surface area contributed by atoms with Crippen molar-refractivity contribution in [1.29, 1.82) is 0 Å². The highest BCUT2D eigenvalue weighted by Crippen LogP contribution is 2.65. The molecule has 0 aromatic heterocycles. The lowest BCUT2D eigenvalue weighted by atomic mass is 9.75. The number of hydrogen-bond donors (Lipinski definition) is 5. The van der Waals surface area contributed by atoms with Crippen LogP contribution in [0.2, 0.25) is 0 Å². The predicted molar refractivity (Wildman–Crippen MR) is 125 cm³/mol. The van der Waals surface area contributed by atoms with Gasteiger partial charge in [-0.25, -0.2) is 0 Å². The van der Waals surface area contributed by atoms with Crippen molar-refractivity contribution in [2.75, 3.05) is 0 Å². The summed E-state index contributed by atoms with van der Waals surface area (Å²) in [6, 6.07) is 0. The van der Waals surface area contributed by atoms with Crippen LogP contribution in [0.5, 0.6) is 0 Å². The molecule has 4 aliphatic rings. The molecule has 0 heterocycles. The zero-order chi connectivity index (χ0) is 43.7. The normalized spacial score (nSPS) is 24.9. The summed E-state index contributed by atoms with van der Waals surface area (Å²) < 4.78 is 314. The number of aliphatic hydroxyl groups is 5. The Morgan fingerprint density at radius 1 is 0.345 bits per heavy atom. The van der Waals surface area contributed by atoms with E-state index in [2.05, 4.69) is 0 Å². The quantitative estimate of drug-likeness (QED) is 0.145. The molecule has 0 radical (unpaired) electrons. The van der Waals surface area contributed by atoms with Crippen LogP contribution in [0.25, 0.3) is 0 Å². The second-order valence-corrected chi connectivity index (χ2v) is 12.3. The number of allylic oxidation sites excluding steroid dienone is 4. The van der Waals surface area contributed by atoms with Crippen LogP contribution in [0.4, 0.5) is 105 Å². The van der Waals surface area contributed by atoms with E-state index in [1.54, 1.807) is 0 Å². The van der Waals surface area contributed by atoms with Crippen LogP contribution >= 0.6 is 0 Å². The zero-order valence-electron chi connectivity index (χ0n) is 25.3. The van der Waals surface area contributed by atoms with Gasteiger partial charge >= 0.3 is 49.4 Å². The molecule has 5 N–H and O–H groups in total. The number of fused-ring (bicyclic) bond motifs is 4. The lowest BCUT2D eigenvalue weighted by Gasteiger charge is -2.41. The number of aliphatic hydroxyl groups excluding tert-OH is 1. The van der Waals surface area contributed by atoms with Crippen LogP contribution in [0.1, 0.15) is 12.8 Å². The number of alkyl halides is 24. The second-order valence-electron chi connectivity index (χ2n) is 12.3. The smallest absolute Gasteiger partial charge is 0.430 e. The van der Waals surface area contributed by atoms with Crippen LogP contribution < -0.4 is 0 Å². The minimum absolute atomic E-state index is 0.166. The Balaban J connectivity index is 0.000000296. The molecule has 318 valence electrons. The van der Waals surface area contributed by atoms with E-state index in [0.717, 1.165) is 0 Å². The summed E-state index contributed by atoms with van der Waals surface area (Å²) in [6.45, 7) is 0. The third-order valence-corrected chi connectivity index (χ3v) is 9.18. The molecule has 4 rings (SSSR count). The Labute approximate surface area is 286 Å². The van der Waals surface area contributed by atoms with Gasteiger partial charge < -0.3 is 25.5 Å². The van der Waals surface area contributed by atoms with Gasteiger partial charge in [0.15, 0.2) is 0 Å². The molecule has 0 amide bonds. The second kappa shape index (κ2) is 12.5. The third-order valence-electron chi connectivity index (χ3n) is 9.18. The van der Waals surface area contributed by atoms with Crippen LogP contribution in [0, 0.1) is 23.7 Å². The van der Waals surface area contributed by atoms with Crippen LogP contribution in [0.3, 0.4) is 0 Å². The Bertz CT molecular complexity index is 1530. The molecule has 0 spiro atoms. The van der Waals surface area contributed by atoms with E-state index in [4.69, 9.17) is 0 Å². The van der Waals surface area contributed by atoms with Crippen molar-refractivity contribution in [2.45, 2.75) is 84.7 Å². The van der Waals surface area contributed by atoms with Gasteiger partial charge in [0.25, 0.3) is 22.4 Å². The summed E-state index contributed by atoms with van der Waals surface area (Å²) in [5.41, 5.74) is -35.1. The number of rotatable bonds is 4. The first-order valence-corrected chi connectivity index (χ1v) is 13.9. The van der Waals surface area contributed by atoms with Crippen molar-refractivity contribution >= 4 is 0 Å². The van der Waals surface area contributed by atoms with Gasteiger partial charge in [0, 0.05) is 23.7 Å². The van der Waals surface area contributed by atoms with Crippen molar-refractivity contribution < 1.29 is 131 Å². The van der Waals surface area contributed by atoms with Gasteiger partial charge in [0.1, 0.15) is 0 Å². The van der Waals surface area contributed by atoms with E-state index in [9.17, 15) is 131 Å². The molecule has 29 heteroatoms. The van der Waals surface area contributed by atoms with E-state index in [1.165, 1.54) is 0 Å². The fraction of sp³-hybridized carbons (Fsp3) is 0.692. The maximum Gasteiger partial charge on any atom is 0.430 e. The number of halogens is 24. The van der Waals surface area contributed by atoms with E-state index < -0.39 is 136 Å². The van der Waals surface area contributed by atoms with Gasteiger partial charge in [0.05, 0.1) is 5.76 Å². The van der Waals surface area contributed by atoms with E-state index >= 15 is 0 Å². The standard InChI is InChI=1S/C13H8F12O3.C13H8F12O2/c14-10(15,16)8(27,11(17,18)19)6-3-1-4(5(26)2-3)7(6)9(28,12(20,21)22)13(23,24)25;14-10(15,16)8(26,11(17,18)19)6-4-1-2-5(3-4)7(6)9(27,12(20,21)22)13(23,24)25/h2-4,26-28H,1H2;1-2,4-5,26-27H,3H2. The molecule has 4 atom stereocenters. The van der Waals surface area contributed by atoms with Gasteiger partial charge in [-0.2, -0.15) is 105 Å². The Morgan fingerprint density at radius 3 is 0.800 bits per heavy atom. The maximum atomic E-state index is 13.1. The van der Waals surface area contributed by atoms with E-state index in [0.29, 0.717) is 12.2 Å². The van der Waals surface area contributed by atoms with Gasteiger partial charge in [-0.1, -0.05) is 12.2 Å². The molecule has 0 fully saturated rings. The number of hydrogen-bond acceptors (Lipinski definition) is 5. The molecule has 4 bridgehead atoms. The summed E-state index contributed by atoms with van der Waals surface area (Å²) in [4.78, 5) is 0. The molecule has 0 aromatic rings. The highest BCUT2D eigenvalue weighted by atomic mass is 19.4. The third kappa shape index (κ3) is 6.41. The first kappa shape index (κ1) is 46.3. The molecule has 55 heavy (non-hydrogen) atoms. The van der Waals surface area contributed by atoms with Crippen LogP contribution in [0.15, 0.2) is 46.3 Å². The van der Waals surface area contributed by atoms with E-state index in [1.807, 2.05) is 0 Å². The molecule has 0 saturated heterocycles. The first-order chi connectivity index (χ1) is 23.8. The molecule has 0 aliphatic heterocycles. The lowest BCUT2D eigenvalue weighted by Crippen LogP contribution is -2.63. The van der Waals surface area contributed by atoms with Crippen molar-refractivity contribution in [1.82, 2.24) is 0 Å². The molecular weight excluding hydrogens is 848 g/mol. The minimum atomic E-state index is -6.82. The average molecular weight is 864 g/mol. The molecule has 5 nitrogen and oxygen atoms in total. The fourth-order valence-corrected chi connectivity index (χ4v) is 6.85. The van der Waals surface area contributed by atoms with Crippen molar-refractivity contribution in [3.8, 4) is 0 Å². The van der Waals surface area contributed by atoms with Gasteiger partial charge in [-0.3, -0.25) is 0 Å². The molecule has 4 aliphatic carbocycles. The van der Waals surface area contributed by atoms with Crippen LogP contribution in [-0.4, -0.2) is 97.3 Å². The topological polar surface area (TPSA) is 101 Å². The highest BCUT2D eigenvalue weighted by Gasteiger charge is 2.82. The highest BCUT2D eigenvalue weighted by molar-refractivity contribution is 5.52. The summed E-state index contributed by atoms with van der Waals surface area (Å²) in [7, 11) is 0. The molecule has 4 unspecified atom stereocenters. The predicted octanol–water partition coefficient (Wildman–Crippen LogP) is 8.29. The monoisotopic (exact) mass is 864 g/mol. The lowest BCUT2D eigenvalue weighted by molar-refractivity contribution is -0.363. The zero-order valence-corrected chi connectivity index (χ0v) is 25.3. The summed E-state index contributed by atoms with van der Waals surface area (Å²) >= 11 is 0. The molecule has 0 aromatic carbocycles. The maximum absolute atomic E-state index is 13.1. The molecule has 0 saturated carbocycles. The van der Waals surface area contributed by atoms with Gasteiger partial charge in [-0.05, 0) is 41.2 Å². The van der Waals surface area contributed by atoms with Crippen molar-refractivity contribution in [3.05, 3.63) is 46.3 Å². The summed E-state index contributed by atoms with van der Waals surface area (Å²) in [6.07, 6.45) is -55.1. The summed E-state index contributed by atoms with van der Waals surface area (Å²) in [5.74, 6) is -11.0. The Morgan fingerprint density at radius 2 is 0.564 bits per heavy atom. The Hall–Kier alpha value is -3.08. The molecular formula is C26H16F24O5. The summed E-state index contributed by atoms with van der Waals surface area (Å²) in [5, 5.41) is 47.0. The fourth-order valence-electron chi connectivity index (χ4n) is 6.85. The average Bonchev–Trinajstić information content (AvgIpc) is 3.71. The first-order valence-electron chi connectivity index (χ1n) is 13.9.